The highest BCUT2D eigenvalue weighted by Gasteiger charge is 2.21. The molecule has 0 bridgehead atoms. The summed E-state index contributed by atoms with van der Waals surface area (Å²) in [6.07, 6.45) is 0. The first-order valence-electron chi connectivity index (χ1n) is 5.01. The number of rotatable bonds is 2. The maximum absolute atomic E-state index is 11.5. The van der Waals surface area contributed by atoms with Crippen LogP contribution in [0.2, 0.25) is 0 Å². The number of aryl methyl sites for hydroxylation is 1. The Morgan fingerprint density at radius 2 is 2.00 bits per heavy atom. The van der Waals surface area contributed by atoms with Gasteiger partial charge in [0.05, 0.1) is 17.3 Å². The van der Waals surface area contributed by atoms with Gasteiger partial charge in [0.2, 0.25) is 0 Å². The number of carbonyl (C=O) groups is 1. The predicted molar refractivity (Wildman–Crippen MR) is 67.7 cm³/mol. The first kappa shape index (κ1) is 11.9. The molecule has 0 fully saturated rings. The lowest BCUT2D eigenvalue weighted by Gasteiger charge is -2.01. The number of methoxy groups -OCH3 is 1. The number of aromatic nitrogens is 2. The summed E-state index contributed by atoms with van der Waals surface area (Å²) in [6, 6.07) is 9.74. The van der Waals surface area contributed by atoms with Gasteiger partial charge < -0.3 is 4.74 Å². The van der Waals surface area contributed by atoms with Crippen molar-refractivity contribution < 1.29 is 9.53 Å². The lowest BCUT2D eigenvalue weighted by Crippen LogP contribution is -2.03. The monoisotopic (exact) mass is 294 g/mol. The summed E-state index contributed by atoms with van der Waals surface area (Å²) in [4.78, 5) is 11.5. The second kappa shape index (κ2) is 4.71. The summed E-state index contributed by atoms with van der Waals surface area (Å²) in [5.41, 5.74) is 2.13. The fraction of sp³-hybridized carbons (Fsp3) is 0.167. The molecule has 2 aromatic rings. The Morgan fingerprint density at radius 1 is 1.35 bits per heavy atom. The molecule has 2 rings (SSSR count). The molecule has 0 atom stereocenters. The molecule has 0 spiro atoms. The van der Waals surface area contributed by atoms with Crippen molar-refractivity contribution in [2.75, 3.05) is 7.11 Å². The molecule has 88 valence electrons. The van der Waals surface area contributed by atoms with Crippen molar-refractivity contribution in [1.82, 2.24) is 9.78 Å². The van der Waals surface area contributed by atoms with E-state index in [-0.39, 0.29) is 5.69 Å². The van der Waals surface area contributed by atoms with Crippen molar-refractivity contribution in [1.29, 1.82) is 0 Å². The predicted octanol–water partition coefficient (Wildman–Crippen LogP) is 2.64. The minimum absolute atomic E-state index is 0.286. The zero-order valence-corrected chi connectivity index (χ0v) is 11.1. The number of ether oxygens (including phenoxy) is 1. The van der Waals surface area contributed by atoms with Crippen LogP contribution in [0, 0.1) is 0 Å². The van der Waals surface area contributed by atoms with Crippen LogP contribution >= 0.6 is 15.9 Å². The average molecular weight is 295 g/mol. The summed E-state index contributed by atoms with van der Waals surface area (Å²) in [5, 5.41) is 4.15. The van der Waals surface area contributed by atoms with Gasteiger partial charge in [0.1, 0.15) is 0 Å². The van der Waals surface area contributed by atoms with Crippen molar-refractivity contribution in [3.8, 4) is 11.3 Å². The highest BCUT2D eigenvalue weighted by Crippen LogP contribution is 2.30. The van der Waals surface area contributed by atoms with Crippen molar-refractivity contribution >= 4 is 21.9 Å². The lowest BCUT2D eigenvalue weighted by molar-refractivity contribution is 0.0592. The van der Waals surface area contributed by atoms with E-state index in [2.05, 4.69) is 25.8 Å². The van der Waals surface area contributed by atoms with Crippen LogP contribution in [0.4, 0.5) is 0 Å². The van der Waals surface area contributed by atoms with Gasteiger partial charge in [-0.2, -0.15) is 5.10 Å². The number of carbonyl (C=O) groups excluding carboxylic acids is 1. The molecule has 0 saturated carbocycles. The minimum Gasteiger partial charge on any atom is -0.464 e. The smallest absolute Gasteiger partial charge is 0.359 e. The van der Waals surface area contributed by atoms with Gasteiger partial charge in [-0.25, -0.2) is 4.79 Å². The molecule has 1 aromatic carbocycles. The van der Waals surface area contributed by atoms with Crippen molar-refractivity contribution in [3.05, 3.63) is 40.5 Å². The van der Waals surface area contributed by atoms with Crippen LogP contribution in [-0.2, 0) is 11.8 Å². The van der Waals surface area contributed by atoms with E-state index >= 15 is 0 Å². The van der Waals surface area contributed by atoms with E-state index in [4.69, 9.17) is 0 Å². The number of esters is 1. The largest absolute Gasteiger partial charge is 0.464 e. The SMILES string of the molecule is COC(=O)c1nn(C)c(-c2ccccc2)c1Br. The maximum atomic E-state index is 11.5. The first-order chi connectivity index (χ1) is 8.15. The Bertz CT molecular complexity index is 549. The van der Waals surface area contributed by atoms with Gasteiger partial charge in [0.25, 0.3) is 0 Å². The van der Waals surface area contributed by atoms with Crippen LogP contribution in [0.5, 0.6) is 0 Å². The fourth-order valence-electron chi connectivity index (χ4n) is 1.63. The van der Waals surface area contributed by atoms with Crippen molar-refractivity contribution in [3.63, 3.8) is 0 Å². The van der Waals surface area contributed by atoms with Gasteiger partial charge in [-0.15, -0.1) is 0 Å². The normalized spacial score (nSPS) is 10.3. The van der Waals surface area contributed by atoms with Crippen LogP contribution in [0.25, 0.3) is 11.3 Å². The summed E-state index contributed by atoms with van der Waals surface area (Å²) >= 11 is 3.40. The highest BCUT2D eigenvalue weighted by atomic mass is 79.9. The third kappa shape index (κ3) is 2.10. The van der Waals surface area contributed by atoms with Crippen LogP contribution in [-0.4, -0.2) is 22.9 Å². The topological polar surface area (TPSA) is 44.1 Å². The molecule has 0 aliphatic carbocycles. The number of hydrogen-bond acceptors (Lipinski definition) is 3. The van der Waals surface area contributed by atoms with E-state index in [1.165, 1.54) is 7.11 Å². The zero-order chi connectivity index (χ0) is 12.4. The van der Waals surface area contributed by atoms with Gasteiger partial charge in [-0.05, 0) is 15.9 Å². The standard InChI is InChI=1S/C12H11BrN2O2/c1-15-11(8-6-4-3-5-7-8)9(13)10(14-15)12(16)17-2/h3-7H,1-2H3. The van der Waals surface area contributed by atoms with Gasteiger partial charge >= 0.3 is 5.97 Å². The van der Waals surface area contributed by atoms with E-state index < -0.39 is 5.97 Å². The second-order valence-corrected chi connectivity index (χ2v) is 4.29. The molecule has 0 N–H and O–H groups in total. The molecule has 0 amide bonds. The third-order valence-corrected chi connectivity index (χ3v) is 3.17. The van der Waals surface area contributed by atoms with Gasteiger partial charge in [0, 0.05) is 12.6 Å². The molecule has 0 unspecified atom stereocenters. The molecular formula is C12H11BrN2O2. The summed E-state index contributed by atoms with van der Waals surface area (Å²) in [5.74, 6) is -0.449. The Balaban J connectivity index is 2.57. The van der Waals surface area contributed by atoms with Gasteiger partial charge in [-0.3, -0.25) is 4.68 Å². The Labute approximate surface area is 107 Å². The van der Waals surface area contributed by atoms with E-state index in [9.17, 15) is 4.79 Å². The summed E-state index contributed by atoms with van der Waals surface area (Å²) in [7, 11) is 3.13. The van der Waals surface area contributed by atoms with E-state index in [1.54, 1.807) is 11.7 Å². The molecule has 0 aliphatic heterocycles. The van der Waals surface area contributed by atoms with E-state index in [0.717, 1.165) is 11.3 Å². The van der Waals surface area contributed by atoms with Crippen molar-refractivity contribution in [2.45, 2.75) is 0 Å². The Hall–Kier alpha value is -1.62. The van der Waals surface area contributed by atoms with Crippen LogP contribution in [0.15, 0.2) is 34.8 Å². The quantitative estimate of drug-likeness (QED) is 0.800. The zero-order valence-electron chi connectivity index (χ0n) is 9.48. The molecule has 1 aromatic heterocycles. The summed E-state index contributed by atoms with van der Waals surface area (Å²) in [6.45, 7) is 0. The molecular weight excluding hydrogens is 284 g/mol. The molecule has 0 radical (unpaired) electrons. The molecule has 1 heterocycles. The fourth-order valence-corrected chi connectivity index (χ4v) is 2.36. The van der Waals surface area contributed by atoms with E-state index in [1.807, 2.05) is 30.3 Å². The molecule has 5 heteroatoms. The van der Waals surface area contributed by atoms with Crippen LogP contribution in [0.3, 0.4) is 0 Å². The van der Waals surface area contributed by atoms with Crippen LogP contribution in [0.1, 0.15) is 10.5 Å². The van der Waals surface area contributed by atoms with Gasteiger partial charge in [0.15, 0.2) is 5.69 Å². The number of halogens is 1. The molecule has 17 heavy (non-hydrogen) atoms. The number of hydrogen-bond donors (Lipinski definition) is 0. The molecule has 0 aliphatic rings. The second-order valence-electron chi connectivity index (χ2n) is 3.49. The lowest BCUT2D eigenvalue weighted by atomic mass is 10.1. The number of nitrogens with zero attached hydrogens (tertiary/aromatic N) is 2. The maximum Gasteiger partial charge on any atom is 0.359 e. The number of benzene rings is 1. The average Bonchev–Trinajstić information content (AvgIpc) is 2.65. The minimum atomic E-state index is -0.449. The Kier molecular flexibility index (Phi) is 3.28. The first-order valence-corrected chi connectivity index (χ1v) is 5.80. The van der Waals surface area contributed by atoms with Crippen LogP contribution < -0.4 is 0 Å². The summed E-state index contributed by atoms with van der Waals surface area (Å²) < 4.78 is 6.99. The highest BCUT2D eigenvalue weighted by molar-refractivity contribution is 9.10. The molecule has 4 nitrogen and oxygen atoms in total. The van der Waals surface area contributed by atoms with Crippen molar-refractivity contribution in [2.24, 2.45) is 7.05 Å². The van der Waals surface area contributed by atoms with Gasteiger partial charge in [-0.1, -0.05) is 30.3 Å². The van der Waals surface area contributed by atoms with E-state index in [0.29, 0.717) is 4.47 Å². The third-order valence-electron chi connectivity index (χ3n) is 2.42. The molecule has 0 saturated heterocycles. The Morgan fingerprint density at radius 3 is 2.59 bits per heavy atom.